The number of nitrogens with zero attached hydrogens (tertiary/aromatic N) is 7. The highest BCUT2D eigenvalue weighted by Gasteiger charge is 2.24. The maximum Gasteiger partial charge on any atom is 0.272 e. The van der Waals surface area contributed by atoms with Gasteiger partial charge in [-0.15, -0.1) is 0 Å². The number of carbonyl (C=O) groups is 1. The number of hydrogen-bond donors (Lipinski definition) is 0. The molecule has 0 unspecified atom stereocenters. The third kappa shape index (κ3) is 4.00. The van der Waals surface area contributed by atoms with E-state index in [0.717, 1.165) is 64.0 Å². The first-order chi connectivity index (χ1) is 13.2. The zero-order chi connectivity index (χ0) is 18.6. The van der Waals surface area contributed by atoms with Crippen LogP contribution in [0.3, 0.4) is 0 Å². The van der Waals surface area contributed by atoms with E-state index in [9.17, 15) is 4.79 Å². The predicted octanol–water partition coefficient (Wildman–Crippen LogP) is 0.586. The van der Waals surface area contributed by atoms with Gasteiger partial charge in [0.1, 0.15) is 23.7 Å². The van der Waals surface area contributed by atoms with E-state index in [-0.39, 0.29) is 5.91 Å². The maximum atomic E-state index is 12.8. The summed E-state index contributed by atoms with van der Waals surface area (Å²) in [7, 11) is 2.08. The van der Waals surface area contributed by atoms with Crippen molar-refractivity contribution < 1.29 is 4.79 Å². The first-order valence-electron chi connectivity index (χ1n) is 9.41. The summed E-state index contributed by atoms with van der Waals surface area (Å²) in [5.74, 6) is 1.83. The van der Waals surface area contributed by atoms with Gasteiger partial charge < -0.3 is 19.6 Å². The lowest BCUT2D eigenvalue weighted by Crippen LogP contribution is -2.48. The number of hydrogen-bond acceptors (Lipinski definition) is 7. The van der Waals surface area contributed by atoms with Crippen molar-refractivity contribution >= 4 is 17.5 Å². The second kappa shape index (κ2) is 7.87. The topological polar surface area (TPSA) is 68.7 Å². The van der Waals surface area contributed by atoms with Crippen molar-refractivity contribution in [2.75, 3.05) is 69.2 Å². The van der Waals surface area contributed by atoms with E-state index in [4.69, 9.17) is 0 Å². The van der Waals surface area contributed by atoms with Crippen LogP contribution in [0, 0.1) is 0 Å². The number of likely N-dealkylation sites (N-methyl/N-ethyl adjacent to an activating group) is 1. The van der Waals surface area contributed by atoms with Gasteiger partial charge in [-0.2, -0.15) is 0 Å². The molecule has 2 fully saturated rings. The molecule has 0 atom stereocenters. The van der Waals surface area contributed by atoms with E-state index >= 15 is 0 Å². The fourth-order valence-electron chi connectivity index (χ4n) is 3.51. The Morgan fingerprint density at radius 1 is 0.852 bits per heavy atom. The van der Waals surface area contributed by atoms with Crippen molar-refractivity contribution in [1.82, 2.24) is 24.8 Å². The van der Waals surface area contributed by atoms with Gasteiger partial charge in [-0.1, -0.05) is 6.07 Å². The minimum atomic E-state index is -0.00104. The summed E-state index contributed by atoms with van der Waals surface area (Å²) < 4.78 is 0. The van der Waals surface area contributed by atoms with Crippen LogP contribution in [0.4, 0.5) is 11.6 Å². The van der Waals surface area contributed by atoms with Gasteiger partial charge in [0.2, 0.25) is 0 Å². The number of aromatic nitrogens is 3. The van der Waals surface area contributed by atoms with Crippen molar-refractivity contribution in [3.05, 3.63) is 42.5 Å². The number of piperazine rings is 2. The van der Waals surface area contributed by atoms with Crippen LogP contribution in [0.15, 0.2) is 36.8 Å². The van der Waals surface area contributed by atoms with Gasteiger partial charge in [-0.3, -0.25) is 4.79 Å². The van der Waals surface area contributed by atoms with E-state index < -0.39 is 0 Å². The van der Waals surface area contributed by atoms with Gasteiger partial charge in [-0.05, 0) is 19.2 Å². The van der Waals surface area contributed by atoms with Crippen molar-refractivity contribution in [1.29, 1.82) is 0 Å². The number of anilines is 2. The largest absolute Gasteiger partial charge is 0.353 e. The molecule has 0 spiro atoms. The summed E-state index contributed by atoms with van der Waals surface area (Å²) in [5.41, 5.74) is 0.483. The van der Waals surface area contributed by atoms with Crippen LogP contribution < -0.4 is 9.80 Å². The Labute approximate surface area is 159 Å². The number of carbonyl (C=O) groups excluding carboxylic acids is 1. The first kappa shape index (κ1) is 17.7. The molecule has 0 N–H and O–H groups in total. The standard InChI is InChI=1S/C19H25N7O/c1-23-6-8-26(9-7-23)19(27)16-14-18(22-15-21-16)25-12-10-24(11-13-25)17-4-2-3-5-20-17/h2-5,14-15H,6-13H2,1H3. The Balaban J connectivity index is 1.40. The molecular formula is C19H25N7O. The normalized spacial score (nSPS) is 18.6. The molecule has 2 aliphatic rings. The van der Waals surface area contributed by atoms with Crippen LogP contribution in [0.1, 0.15) is 10.5 Å². The van der Waals surface area contributed by atoms with E-state index in [1.807, 2.05) is 35.4 Å². The van der Waals surface area contributed by atoms with Crippen molar-refractivity contribution in [2.24, 2.45) is 0 Å². The van der Waals surface area contributed by atoms with Crippen LogP contribution in [0.5, 0.6) is 0 Å². The summed E-state index contributed by atoms with van der Waals surface area (Å²) in [6, 6.07) is 7.80. The maximum absolute atomic E-state index is 12.8. The Morgan fingerprint density at radius 2 is 1.56 bits per heavy atom. The van der Waals surface area contributed by atoms with Crippen LogP contribution in [-0.4, -0.2) is 90.1 Å². The molecule has 2 saturated heterocycles. The highest BCUT2D eigenvalue weighted by atomic mass is 16.2. The van der Waals surface area contributed by atoms with Gasteiger partial charge in [0.05, 0.1) is 0 Å². The number of amides is 1. The molecule has 142 valence electrons. The molecule has 0 aromatic carbocycles. The second-order valence-corrected chi connectivity index (χ2v) is 7.02. The lowest BCUT2D eigenvalue weighted by molar-refractivity contribution is 0.0658. The van der Waals surface area contributed by atoms with Crippen LogP contribution in [0.25, 0.3) is 0 Å². The molecule has 1 amide bonds. The summed E-state index contributed by atoms with van der Waals surface area (Å²) in [6.45, 7) is 6.74. The molecule has 0 aliphatic carbocycles. The van der Waals surface area contributed by atoms with Crippen molar-refractivity contribution in [3.63, 3.8) is 0 Å². The van der Waals surface area contributed by atoms with Crippen LogP contribution in [-0.2, 0) is 0 Å². The molecule has 8 nitrogen and oxygen atoms in total. The van der Waals surface area contributed by atoms with E-state index in [1.165, 1.54) is 6.33 Å². The van der Waals surface area contributed by atoms with Crippen molar-refractivity contribution in [3.8, 4) is 0 Å². The molecular weight excluding hydrogens is 342 g/mol. The summed E-state index contributed by atoms with van der Waals surface area (Å²) in [4.78, 5) is 34.4. The van der Waals surface area contributed by atoms with Gasteiger partial charge in [-0.25, -0.2) is 15.0 Å². The van der Waals surface area contributed by atoms with Gasteiger partial charge >= 0.3 is 0 Å². The molecule has 4 rings (SSSR count). The minimum Gasteiger partial charge on any atom is -0.353 e. The van der Waals surface area contributed by atoms with Gasteiger partial charge in [0, 0.05) is 64.6 Å². The fourth-order valence-corrected chi connectivity index (χ4v) is 3.51. The zero-order valence-corrected chi connectivity index (χ0v) is 15.7. The molecule has 27 heavy (non-hydrogen) atoms. The third-order valence-corrected chi connectivity index (χ3v) is 5.24. The molecule has 2 aromatic heterocycles. The minimum absolute atomic E-state index is 0.00104. The lowest BCUT2D eigenvalue weighted by atomic mass is 10.2. The Morgan fingerprint density at radius 3 is 2.22 bits per heavy atom. The SMILES string of the molecule is CN1CCN(C(=O)c2cc(N3CCN(c4ccccn4)CC3)ncn2)CC1. The fraction of sp³-hybridized carbons (Fsp3) is 0.474. The lowest BCUT2D eigenvalue weighted by Gasteiger charge is -2.36. The van der Waals surface area contributed by atoms with Gasteiger partial charge in [0.25, 0.3) is 5.91 Å². The highest BCUT2D eigenvalue weighted by molar-refractivity contribution is 5.93. The molecule has 2 aliphatic heterocycles. The Kier molecular flexibility index (Phi) is 5.15. The van der Waals surface area contributed by atoms with Gasteiger partial charge in [0.15, 0.2) is 0 Å². The third-order valence-electron chi connectivity index (χ3n) is 5.24. The smallest absolute Gasteiger partial charge is 0.272 e. The summed E-state index contributed by atoms with van der Waals surface area (Å²) in [5, 5.41) is 0. The van der Waals surface area contributed by atoms with Crippen molar-refractivity contribution in [2.45, 2.75) is 0 Å². The van der Waals surface area contributed by atoms with E-state index in [2.05, 4.69) is 36.7 Å². The number of rotatable bonds is 3. The quantitative estimate of drug-likeness (QED) is 0.786. The molecule has 4 heterocycles. The Hall–Kier alpha value is -2.74. The molecule has 0 bridgehead atoms. The average Bonchev–Trinajstić information content (AvgIpc) is 2.75. The van der Waals surface area contributed by atoms with Crippen LogP contribution >= 0.6 is 0 Å². The first-order valence-corrected chi connectivity index (χ1v) is 9.41. The zero-order valence-electron chi connectivity index (χ0n) is 15.7. The monoisotopic (exact) mass is 367 g/mol. The molecule has 8 heteroatoms. The van der Waals surface area contributed by atoms with E-state index in [0.29, 0.717) is 5.69 Å². The summed E-state index contributed by atoms with van der Waals surface area (Å²) >= 11 is 0. The predicted molar refractivity (Wildman–Crippen MR) is 104 cm³/mol. The number of pyridine rings is 1. The summed E-state index contributed by atoms with van der Waals surface area (Å²) in [6.07, 6.45) is 3.33. The van der Waals surface area contributed by atoms with E-state index in [1.54, 1.807) is 0 Å². The van der Waals surface area contributed by atoms with Crippen LogP contribution in [0.2, 0.25) is 0 Å². The molecule has 0 radical (unpaired) electrons. The average molecular weight is 367 g/mol. The second-order valence-electron chi connectivity index (χ2n) is 7.02. The highest BCUT2D eigenvalue weighted by Crippen LogP contribution is 2.18. The Bertz CT molecular complexity index is 769. The molecule has 2 aromatic rings. The molecule has 0 saturated carbocycles.